The number of alkyl halides is 4. The van der Waals surface area contributed by atoms with Crippen LogP contribution in [-0.2, 0) is 6.18 Å². The van der Waals surface area contributed by atoms with Crippen LogP contribution in [0.2, 0.25) is 0 Å². The summed E-state index contributed by atoms with van der Waals surface area (Å²) in [6.07, 6.45) is -0.867. The number of hydrogen-bond donors (Lipinski definition) is 1. The molecular weight excluding hydrogens is 481 g/mol. The van der Waals surface area contributed by atoms with Crippen LogP contribution in [0.1, 0.15) is 12.0 Å². The number of aromatic nitrogens is 2. The molecule has 0 unspecified atom stereocenters. The fourth-order valence-corrected chi connectivity index (χ4v) is 3.15. The molecule has 0 amide bonds. The van der Waals surface area contributed by atoms with Gasteiger partial charge >= 0.3 is 6.18 Å². The van der Waals surface area contributed by atoms with Crippen molar-refractivity contribution in [2.24, 2.45) is 0 Å². The Morgan fingerprint density at radius 1 is 1.26 bits per heavy atom. The largest absolute Gasteiger partial charge is 0.493 e. The van der Waals surface area contributed by atoms with Gasteiger partial charge in [-0.3, -0.25) is 10.1 Å². The summed E-state index contributed by atoms with van der Waals surface area (Å²) < 4.78 is 46.6. The molecule has 0 aliphatic carbocycles. The molecule has 11 heteroatoms. The third-order valence-corrected chi connectivity index (χ3v) is 5.00. The summed E-state index contributed by atoms with van der Waals surface area (Å²) in [6.45, 7) is 0.231. The molecule has 0 aliphatic rings. The minimum Gasteiger partial charge on any atom is -0.493 e. The zero-order chi connectivity index (χ0) is 22.6. The van der Waals surface area contributed by atoms with Gasteiger partial charge < -0.3 is 14.6 Å². The molecule has 0 fully saturated rings. The topological polar surface area (TPSA) is 82.2 Å². The minimum atomic E-state index is -4.50. The number of imidazole rings is 1. The summed E-state index contributed by atoms with van der Waals surface area (Å²) in [7, 11) is 1.67. The average molecular weight is 499 g/mol. The minimum absolute atomic E-state index is 0.0638. The van der Waals surface area contributed by atoms with Crippen molar-refractivity contribution in [2.75, 3.05) is 24.3 Å². The van der Waals surface area contributed by atoms with Crippen LogP contribution in [0.3, 0.4) is 0 Å². The van der Waals surface area contributed by atoms with E-state index in [1.165, 1.54) is 24.5 Å². The van der Waals surface area contributed by atoms with E-state index in [4.69, 9.17) is 4.74 Å². The Bertz CT molecular complexity index is 1090. The normalized spacial score (nSPS) is 11.4. The Balaban J connectivity index is 2.04. The highest BCUT2D eigenvalue weighted by Gasteiger charge is 2.31. The number of benzene rings is 2. The van der Waals surface area contributed by atoms with Gasteiger partial charge in [-0.15, -0.1) is 0 Å². The molecule has 0 saturated carbocycles. The molecule has 2 aromatic carbocycles. The zero-order valence-corrected chi connectivity index (χ0v) is 17.9. The highest BCUT2D eigenvalue weighted by atomic mass is 79.9. The van der Waals surface area contributed by atoms with E-state index in [1.807, 2.05) is 0 Å². The molecule has 3 rings (SSSR count). The fraction of sp³-hybridized carbons (Fsp3) is 0.250. The lowest BCUT2D eigenvalue weighted by Crippen LogP contribution is -2.07. The smallest absolute Gasteiger partial charge is 0.416 e. The third-order valence-electron chi connectivity index (χ3n) is 4.44. The number of rotatable bonds is 8. The number of anilines is 1. The van der Waals surface area contributed by atoms with E-state index in [1.54, 1.807) is 23.9 Å². The maximum atomic E-state index is 13.2. The van der Waals surface area contributed by atoms with Gasteiger partial charge in [-0.1, -0.05) is 15.9 Å². The molecule has 1 N–H and O–H groups in total. The lowest BCUT2D eigenvalue weighted by atomic mass is 10.1. The van der Waals surface area contributed by atoms with Crippen molar-refractivity contribution >= 4 is 27.3 Å². The Morgan fingerprint density at radius 2 is 2.03 bits per heavy atom. The number of nitro groups is 1. The van der Waals surface area contributed by atoms with Crippen molar-refractivity contribution in [1.29, 1.82) is 0 Å². The number of halogens is 4. The second-order valence-electron chi connectivity index (χ2n) is 6.47. The van der Waals surface area contributed by atoms with Crippen molar-refractivity contribution in [1.82, 2.24) is 9.55 Å². The average Bonchev–Trinajstić information content (AvgIpc) is 3.22. The number of nitrogens with one attached hydrogen (secondary N) is 1. The maximum Gasteiger partial charge on any atom is 0.416 e. The number of nitrogens with zero attached hydrogens (tertiary/aromatic N) is 3. The van der Waals surface area contributed by atoms with E-state index in [2.05, 4.69) is 26.2 Å². The van der Waals surface area contributed by atoms with Gasteiger partial charge in [-0.2, -0.15) is 13.2 Å². The maximum absolute atomic E-state index is 13.2. The standard InChI is InChI=1S/C20H18BrF3N4O3/c1-25-16-6-4-14(28(29)30)10-18(16)27-11-17(26-12-27)15-5-3-13(20(22,23)24)9-19(15)31-8-2-7-21/h3-6,9-12,25H,2,7-8H2,1H3. The van der Waals surface area contributed by atoms with E-state index in [-0.39, 0.29) is 18.0 Å². The summed E-state index contributed by atoms with van der Waals surface area (Å²) in [4.78, 5) is 14.9. The monoisotopic (exact) mass is 498 g/mol. The van der Waals surface area contributed by atoms with Crippen LogP contribution < -0.4 is 10.1 Å². The van der Waals surface area contributed by atoms with Crippen molar-refractivity contribution in [3.63, 3.8) is 0 Å². The Hall–Kier alpha value is -3.08. The van der Waals surface area contributed by atoms with Crippen molar-refractivity contribution in [2.45, 2.75) is 12.6 Å². The Labute approximate surface area is 184 Å². The number of nitro benzene ring substituents is 1. The molecule has 0 radical (unpaired) electrons. The van der Waals surface area contributed by atoms with E-state index in [0.717, 1.165) is 12.1 Å². The quantitative estimate of drug-likeness (QED) is 0.187. The first kappa shape index (κ1) is 22.6. The SMILES string of the molecule is CNc1ccc([N+](=O)[O-])cc1-n1cnc(-c2ccc(C(F)(F)F)cc2OCCCBr)c1. The first-order valence-corrected chi connectivity index (χ1v) is 10.3. The molecule has 0 aliphatic heterocycles. The molecule has 1 heterocycles. The highest BCUT2D eigenvalue weighted by molar-refractivity contribution is 9.09. The molecule has 7 nitrogen and oxygen atoms in total. The molecule has 164 valence electrons. The predicted octanol–water partition coefficient (Wildman–Crippen LogP) is 5.67. The molecule has 0 spiro atoms. The zero-order valence-electron chi connectivity index (χ0n) is 16.3. The van der Waals surface area contributed by atoms with E-state index in [0.29, 0.717) is 34.4 Å². The number of ether oxygens (including phenoxy) is 1. The predicted molar refractivity (Wildman–Crippen MR) is 114 cm³/mol. The van der Waals surface area contributed by atoms with Crippen LogP contribution in [-0.4, -0.2) is 33.5 Å². The van der Waals surface area contributed by atoms with Gasteiger partial charge in [0.25, 0.3) is 5.69 Å². The lowest BCUT2D eigenvalue weighted by molar-refractivity contribution is -0.384. The summed E-state index contributed by atoms with van der Waals surface area (Å²) >= 11 is 3.26. The van der Waals surface area contributed by atoms with Gasteiger partial charge in [0.2, 0.25) is 0 Å². The molecule has 0 saturated heterocycles. The van der Waals surface area contributed by atoms with Gasteiger partial charge in [0.05, 0.1) is 40.5 Å². The summed E-state index contributed by atoms with van der Waals surface area (Å²) in [5, 5.41) is 14.7. The van der Waals surface area contributed by atoms with Crippen LogP contribution in [0.25, 0.3) is 16.9 Å². The number of hydrogen-bond acceptors (Lipinski definition) is 5. The van der Waals surface area contributed by atoms with Gasteiger partial charge in [0.15, 0.2) is 0 Å². The van der Waals surface area contributed by atoms with Crippen LogP contribution in [0.5, 0.6) is 5.75 Å². The first-order valence-electron chi connectivity index (χ1n) is 9.15. The molecule has 0 atom stereocenters. The van der Waals surface area contributed by atoms with Crippen LogP contribution in [0, 0.1) is 10.1 Å². The lowest BCUT2D eigenvalue weighted by Gasteiger charge is -2.13. The molecular formula is C20H18BrF3N4O3. The summed E-state index contributed by atoms with van der Waals surface area (Å²) in [5.74, 6) is 0.0638. The van der Waals surface area contributed by atoms with Crippen LogP contribution in [0.15, 0.2) is 48.9 Å². The van der Waals surface area contributed by atoms with Gasteiger partial charge in [-0.25, -0.2) is 4.98 Å². The van der Waals surface area contributed by atoms with Gasteiger partial charge in [-0.05, 0) is 30.7 Å². The molecule has 31 heavy (non-hydrogen) atoms. The molecule has 3 aromatic rings. The second-order valence-corrected chi connectivity index (χ2v) is 7.27. The van der Waals surface area contributed by atoms with Crippen LogP contribution in [0.4, 0.5) is 24.5 Å². The van der Waals surface area contributed by atoms with E-state index in [9.17, 15) is 23.3 Å². The molecule has 1 aromatic heterocycles. The van der Waals surface area contributed by atoms with Crippen LogP contribution >= 0.6 is 15.9 Å². The Kier molecular flexibility index (Phi) is 6.84. The summed E-state index contributed by atoms with van der Waals surface area (Å²) in [5.41, 5.74) is 0.937. The Morgan fingerprint density at radius 3 is 2.68 bits per heavy atom. The first-order chi connectivity index (χ1) is 14.7. The molecule has 0 bridgehead atoms. The van der Waals surface area contributed by atoms with E-state index < -0.39 is 16.7 Å². The number of non-ortho nitro benzene ring substituents is 1. The summed E-state index contributed by atoms with van der Waals surface area (Å²) in [6, 6.07) is 7.56. The highest BCUT2D eigenvalue weighted by Crippen LogP contribution is 2.37. The third kappa shape index (κ3) is 5.16. The van der Waals surface area contributed by atoms with Crippen molar-refractivity contribution in [3.05, 3.63) is 64.6 Å². The van der Waals surface area contributed by atoms with Gasteiger partial charge in [0.1, 0.15) is 5.75 Å². The van der Waals surface area contributed by atoms with Gasteiger partial charge in [0, 0.05) is 36.3 Å². The van der Waals surface area contributed by atoms with E-state index >= 15 is 0 Å². The second kappa shape index (κ2) is 9.38. The van der Waals surface area contributed by atoms with Crippen molar-refractivity contribution in [3.8, 4) is 22.7 Å². The van der Waals surface area contributed by atoms with Crippen molar-refractivity contribution < 1.29 is 22.8 Å². The fourth-order valence-electron chi connectivity index (χ4n) is 2.92.